The van der Waals surface area contributed by atoms with Gasteiger partial charge in [-0.05, 0) is 43.5 Å². The van der Waals surface area contributed by atoms with Crippen LogP contribution in [-0.2, 0) is 0 Å². The molecule has 3 nitrogen and oxygen atoms in total. The lowest BCUT2D eigenvalue weighted by Gasteiger charge is -2.43. The largest absolute Gasteiger partial charge is 0.326 e. The summed E-state index contributed by atoms with van der Waals surface area (Å²) in [4.78, 5) is 5.08. The highest BCUT2D eigenvalue weighted by atomic mass is 19.1. The first kappa shape index (κ1) is 14.9. The summed E-state index contributed by atoms with van der Waals surface area (Å²) in [5, 5.41) is 0. The Morgan fingerprint density at radius 2 is 2.19 bits per heavy atom. The van der Waals surface area contributed by atoms with E-state index in [0.29, 0.717) is 6.04 Å². The van der Waals surface area contributed by atoms with Crippen LogP contribution in [-0.4, -0.2) is 48.1 Å². The molecule has 0 aromatic heterocycles. The molecule has 0 bridgehead atoms. The van der Waals surface area contributed by atoms with Crippen LogP contribution in [0.15, 0.2) is 24.3 Å². The Balaban J connectivity index is 1.82. The molecule has 0 spiro atoms. The van der Waals surface area contributed by atoms with Gasteiger partial charge in [0, 0.05) is 31.7 Å². The molecule has 3 atom stereocenters. The van der Waals surface area contributed by atoms with E-state index in [-0.39, 0.29) is 17.9 Å². The monoisotopic (exact) mass is 291 g/mol. The van der Waals surface area contributed by atoms with E-state index in [0.717, 1.165) is 31.6 Å². The van der Waals surface area contributed by atoms with Crippen molar-refractivity contribution in [2.45, 2.75) is 44.3 Å². The van der Waals surface area contributed by atoms with Gasteiger partial charge in [0.05, 0.1) is 6.04 Å². The van der Waals surface area contributed by atoms with E-state index >= 15 is 0 Å². The van der Waals surface area contributed by atoms with Gasteiger partial charge in [-0.2, -0.15) is 0 Å². The quantitative estimate of drug-likeness (QED) is 0.924. The zero-order chi connectivity index (χ0) is 14.8. The molecule has 2 N–H and O–H groups in total. The van der Waals surface area contributed by atoms with Gasteiger partial charge in [0.15, 0.2) is 0 Å². The normalized spacial score (nSPS) is 26.5. The van der Waals surface area contributed by atoms with Crippen LogP contribution in [0.1, 0.15) is 37.8 Å². The molecule has 0 aliphatic carbocycles. The highest BCUT2D eigenvalue weighted by molar-refractivity contribution is 5.22. The van der Waals surface area contributed by atoms with Gasteiger partial charge in [-0.1, -0.05) is 19.1 Å². The number of nitrogens with zero attached hydrogens (tertiary/aromatic N) is 2. The number of nitrogens with two attached hydrogens (primary N) is 1. The minimum atomic E-state index is -0.166. The zero-order valence-corrected chi connectivity index (χ0v) is 12.8. The first-order chi connectivity index (χ1) is 10.2. The van der Waals surface area contributed by atoms with Crippen LogP contribution >= 0.6 is 0 Å². The van der Waals surface area contributed by atoms with Crippen molar-refractivity contribution in [3.63, 3.8) is 0 Å². The molecule has 0 saturated carbocycles. The predicted octanol–water partition coefficient (Wildman–Crippen LogP) is 2.38. The number of piperazine rings is 1. The maximum absolute atomic E-state index is 13.6. The van der Waals surface area contributed by atoms with Gasteiger partial charge in [-0.25, -0.2) is 4.39 Å². The number of hydrogen-bond donors (Lipinski definition) is 1. The lowest BCUT2D eigenvalue weighted by molar-refractivity contribution is 0.0607. The topological polar surface area (TPSA) is 32.5 Å². The average Bonchev–Trinajstić information content (AvgIpc) is 2.95. The number of rotatable bonds is 4. The first-order valence-corrected chi connectivity index (χ1v) is 8.18. The summed E-state index contributed by atoms with van der Waals surface area (Å²) in [6.07, 6.45) is 3.50. The Labute approximate surface area is 126 Å². The first-order valence-electron chi connectivity index (χ1n) is 8.18. The molecule has 2 heterocycles. The molecule has 2 aliphatic rings. The number of fused-ring (bicyclic) bond motifs is 1. The van der Waals surface area contributed by atoms with Crippen molar-refractivity contribution in [2.75, 3.05) is 26.2 Å². The maximum Gasteiger partial charge on any atom is 0.123 e. The number of halogens is 1. The summed E-state index contributed by atoms with van der Waals surface area (Å²) >= 11 is 0. The molecule has 2 aliphatic heterocycles. The van der Waals surface area contributed by atoms with Crippen molar-refractivity contribution >= 4 is 0 Å². The Kier molecular flexibility index (Phi) is 4.57. The minimum Gasteiger partial charge on any atom is -0.326 e. The lowest BCUT2D eigenvalue weighted by atomic mass is 9.94. The molecule has 2 fully saturated rings. The molecular formula is C17H26FN3. The van der Waals surface area contributed by atoms with Crippen LogP contribution in [0.2, 0.25) is 0 Å². The van der Waals surface area contributed by atoms with Crippen LogP contribution < -0.4 is 5.73 Å². The number of benzene rings is 1. The van der Waals surface area contributed by atoms with E-state index in [1.165, 1.54) is 25.5 Å². The summed E-state index contributed by atoms with van der Waals surface area (Å²) in [5.41, 5.74) is 7.41. The van der Waals surface area contributed by atoms with Gasteiger partial charge in [0.2, 0.25) is 0 Å². The summed E-state index contributed by atoms with van der Waals surface area (Å²) in [6.45, 7) is 6.57. The molecule has 1 aromatic carbocycles. The Morgan fingerprint density at radius 3 is 2.95 bits per heavy atom. The third-order valence-corrected chi connectivity index (χ3v) is 5.08. The molecule has 1 aromatic rings. The van der Waals surface area contributed by atoms with E-state index in [4.69, 9.17) is 5.73 Å². The van der Waals surface area contributed by atoms with Gasteiger partial charge in [0.25, 0.3) is 0 Å². The molecule has 0 amide bonds. The Morgan fingerprint density at radius 1 is 1.33 bits per heavy atom. The van der Waals surface area contributed by atoms with Crippen molar-refractivity contribution in [1.82, 2.24) is 9.80 Å². The van der Waals surface area contributed by atoms with Gasteiger partial charge in [-0.3, -0.25) is 9.80 Å². The molecule has 3 rings (SSSR count). The van der Waals surface area contributed by atoms with E-state index < -0.39 is 0 Å². The van der Waals surface area contributed by atoms with Crippen LogP contribution in [0.5, 0.6) is 0 Å². The molecular weight excluding hydrogens is 265 g/mol. The van der Waals surface area contributed by atoms with Crippen LogP contribution in [0.25, 0.3) is 0 Å². The van der Waals surface area contributed by atoms with Crippen molar-refractivity contribution in [2.24, 2.45) is 5.73 Å². The molecule has 0 radical (unpaired) electrons. The van der Waals surface area contributed by atoms with E-state index in [1.807, 2.05) is 6.07 Å². The smallest absolute Gasteiger partial charge is 0.123 e. The molecule has 2 saturated heterocycles. The molecule has 21 heavy (non-hydrogen) atoms. The predicted molar refractivity (Wildman–Crippen MR) is 83.6 cm³/mol. The second-order valence-corrected chi connectivity index (χ2v) is 6.40. The summed E-state index contributed by atoms with van der Waals surface area (Å²) in [6, 6.07) is 7.83. The third-order valence-electron chi connectivity index (χ3n) is 5.08. The third kappa shape index (κ3) is 3.12. The fraction of sp³-hybridized carbons (Fsp3) is 0.647. The summed E-state index contributed by atoms with van der Waals surface area (Å²) < 4.78 is 13.6. The van der Waals surface area contributed by atoms with Crippen molar-refractivity contribution in [3.8, 4) is 0 Å². The van der Waals surface area contributed by atoms with Crippen molar-refractivity contribution < 1.29 is 4.39 Å². The fourth-order valence-corrected chi connectivity index (χ4v) is 3.91. The maximum atomic E-state index is 13.6. The Hall–Kier alpha value is -0.970. The van der Waals surface area contributed by atoms with E-state index in [2.05, 4.69) is 16.7 Å². The van der Waals surface area contributed by atoms with Crippen LogP contribution in [0.3, 0.4) is 0 Å². The van der Waals surface area contributed by atoms with Crippen molar-refractivity contribution in [1.29, 1.82) is 0 Å². The van der Waals surface area contributed by atoms with Crippen LogP contribution in [0, 0.1) is 5.82 Å². The number of hydrogen-bond acceptors (Lipinski definition) is 3. The van der Waals surface area contributed by atoms with E-state index in [9.17, 15) is 4.39 Å². The average molecular weight is 291 g/mol. The molecule has 4 heteroatoms. The van der Waals surface area contributed by atoms with Gasteiger partial charge in [0.1, 0.15) is 5.82 Å². The van der Waals surface area contributed by atoms with E-state index in [1.54, 1.807) is 12.1 Å². The van der Waals surface area contributed by atoms with Crippen LogP contribution in [0.4, 0.5) is 4.39 Å². The second-order valence-electron chi connectivity index (χ2n) is 6.40. The highest BCUT2D eigenvalue weighted by Gasteiger charge is 2.35. The standard InChI is InChI=1S/C17H26FN3/c1-2-16(19)17(13-5-3-6-14(18)11-13)21-10-9-20-8-4-7-15(20)12-21/h3,5-6,11,15-17H,2,4,7-10,12,19H2,1H3. The molecule has 116 valence electrons. The van der Waals surface area contributed by atoms with Crippen molar-refractivity contribution in [3.05, 3.63) is 35.6 Å². The Bertz CT molecular complexity index is 479. The minimum absolute atomic E-state index is 0.0553. The summed E-state index contributed by atoms with van der Waals surface area (Å²) in [7, 11) is 0. The van der Waals surface area contributed by atoms with Gasteiger partial charge in [-0.15, -0.1) is 0 Å². The molecule has 3 unspecified atom stereocenters. The fourth-order valence-electron chi connectivity index (χ4n) is 3.91. The second kappa shape index (κ2) is 6.42. The summed E-state index contributed by atoms with van der Waals surface area (Å²) in [5.74, 6) is -0.166. The zero-order valence-electron chi connectivity index (χ0n) is 12.8. The highest BCUT2D eigenvalue weighted by Crippen LogP contribution is 2.30. The van der Waals surface area contributed by atoms with Gasteiger partial charge >= 0.3 is 0 Å². The lowest BCUT2D eigenvalue weighted by Crippen LogP contribution is -2.54. The SMILES string of the molecule is CCC(N)C(c1cccc(F)c1)N1CCN2CCCC2C1. The van der Waals surface area contributed by atoms with Gasteiger partial charge < -0.3 is 5.73 Å².